The Balaban J connectivity index is 1.50. The van der Waals surface area contributed by atoms with Crippen molar-refractivity contribution in [1.82, 2.24) is 14.7 Å². The number of nitrogens with zero attached hydrogens (tertiary/aromatic N) is 2. The molecule has 0 atom stereocenters. The number of benzene rings is 1. The molecule has 3 aromatic rings. The number of nitrogens with one attached hydrogen (secondary N) is 2. The Hall–Kier alpha value is -3.02. The van der Waals surface area contributed by atoms with Crippen LogP contribution < -0.4 is 15.4 Å². The highest BCUT2D eigenvalue weighted by Crippen LogP contribution is 2.32. The first kappa shape index (κ1) is 18.3. The van der Waals surface area contributed by atoms with Crippen LogP contribution in [-0.2, 0) is 11.3 Å². The van der Waals surface area contributed by atoms with E-state index in [1.54, 1.807) is 7.11 Å². The molecule has 146 valence electrons. The molecule has 2 heterocycles. The molecule has 6 nitrogen and oxygen atoms in total. The first-order valence-electron chi connectivity index (χ1n) is 9.82. The predicted octanol–water partition coefficient (Wildman–Crippen LogP) is 3.77. The van der Waals surface area contributed by atoms with Gasteiger partial charge < -0.3 is 19.8 Å². The van der Waals surface area contributed by atoms with E-state index in [0.717, 1.165) is 48.5 Å². The minimum atomic E-state index is -0.576. The van der Waals surface area contributed by atoms with Gasteiger partial charge in [0.05, 0.1) is 25.5 Å². The Morgan fingerprint density at radius 2 is 1.93 bits per heavy atom. The van der Waals surface area contributed by atoms with Gasteiger partial charge in [0.1, 0.15) is 16.9 Å². The van der Waals surface area contributed by atoms with Gasteiger partial charge in [0, 0.05) is 11.9 Å². The molecule has 2 aromatic heterocycles. The summed E-state index contributed by atoms with van der Waals surface area (Å²) in [6, 6.07) is 13.6. The van der Waals surface area contributed by atoms with Crippen LogP contribution in [0.15, 0.2) is 54.9 Å². The Labute approximate surface area is 164 Å². The summed E-state index contributed by atoms with van der Waals surface area (Å²) in [6.45, 7) is 0.454. The van der Waals surface area contributed by atoms with Crippen LogP contribution in [0.3, 0.4) is 0 Å². The van der Waals surface area contributed by atoms with Crippen molar-refractivity contribution < 1.29 is 9.53 Å². The average molecular weight is 378 g/mol. The van der Waals surface area contributed by atoms with Gasteiger partial charge in [-0.1, -0.05) is 25.3 Å². The third-order valence-electron chi connectivity index (χ3n) is 5.54. The van der Waals surface area contributed by atoms with Crippen LogP contribution in [0.4, 0.5) is 5.69 Å². The predicted molar refractivity (Wildman–Crippen MR) is 109 cm³/mol. The van der Waals surface area contributed by atoms with Crippen LogP contribution in [0.25, 0.3) is 5.65 Å². The second-order valence-electron chi connectivity index (χ2n) is 7.36. The number of pyridine rings is 1. The van der Waals surface area contributed by atoms with Crippen LogP contribution in [0.2, 0.25) is 0 Å². The SMILES string of the molecule is COc1ccc(NC2(C(=O)NCc3cnc4ccccn34)CCCCC2)cc1. The normalized spacial score (nSPS) is 15.9. The number of amides is 1. The highest BCUT2D eigenvalue weighted by molar-refractivity contribution is 5.89. The quantitative estimate of drug-likeness (QED) is 0.685. The number of carbonyl (C=O) groups excluding carboxylic acids is 1. The molecule has 0 aliphatic heterocycles. The molecule has 1 amide bonds. The lowest BCUT2D eigenvalue weighted by Crippen LogP contribution is -2.53. The highest BCUT2D eigenvalue weighted by atomic mass is 16.5. The van der Waals surface area contributed by atoms with E-state index in [2.05, 4.69) is 15.6 Å². The molecule has 0 spiro atoms. The number of imidazole rings is 1. The fourth-order valence-corrected chi connectivity index (χ4v) is 3.97. The Kier molecular flexibility index (Phi) is 5.19. The van der Waals surface area contributed by atoms with Crippen LogP contribution in [0, 0.1) is 0 Å². The number of rotatable bonds is 6. The van der Waals surface area contributed by atoms with Gasteiger partial charge in [0.2, 0.25) is 5.91 Å². The van der Waals surface area contributed by atoms with E-state index >= 15 is 0 Å². The van der Waals surface area contributed by atoms with Gasteiger partial charge in [-0.2, -0.15) is 0 Å². The largest absolute Gasteiger partial charge is 0.497 e. The van der Waals surface area contributed by atoms with Crippen molar-refractivity contribution in [3.8, 4) is 5.75 Å². The minimum Gasteiger partial charge on any atom is -0.497 e. The molecule has 6 heteroatoms. The highest BCUT2D eigenvalue weighted by Gasteiger charge is 2.39. The zero-order valence-electron chi connectivity index (χ0n) is 16.1. The summed E-state index contributed by atoms with van der Waals surface area (Å²) < 4.78 is 7.24. The van der Waals surface area contributed by atoms with E-state index in [-0.39, 0.29) is 5.91 Å². The topological polar surface area (TPSA) is 67.7 Å². The molecule has 0 bridgehead atoms. The summed E-state index contributed by atoms with van der Waals surface area (Å²) in [5.41, 5.74) is 2.22. The molecule has 4 rings (SSSR count). The van der Waals surface area contributed by atoms with Gasteiger partial charge in [0.25, 0.3) is 0 Å². The Morgan fingerprint density at radius 1 is 1.14 bits per heavy atom. The van der Waals surface area contributed by atoms with Crippen molar-refractivity contribution in [2.45, 2.75) is 44.2 Å². The lowest BCUT2D eigenvalue weighted by molar-refractivity contribution is -0.126. The Bertz CT molecular complexity index is 943. The number of anilines is 1. The fourth-order valence-electron chi connectivity index (χ4n) is 3.97. The maximum absolute atomic E-state index is 13.3. The monoisotopic (exact) mass is 378 g/mol. The molecule has 0 unspecified atom stereocenters. The van der Waals surface area contributed by atoms with Gasteiger partial charge in [-0.15, -0.1) is 0 Å². The van der Waals surface area contributed by atoms with Crippen molar-refractivity contribution in [2.75, 3.05) is 12.4 Å². The average Bonchev–Trinajstić information content (AvgIpc) is 3.16. The van der Waals surface area contributed by atoms with Gasteiger partial charge >= 0.3 is 0 Å². The molecule has 28 heavy (non-hydrogen) atoms. The van der Waals surface area contributed by atoms with Crippen molar-refractivity contribution >= 4 is 17.2 Å². The van der Waals surface area contributed by atoms with Gasteiger partial charge in [-0.3, -0.25) is 4.79 Å². The molecule has 0 radical (unpaired) electrons. The molecular weight excluding hydrogens is 352 g/mol. The number of hydrogen-bond acceptors (Lipinski definition) is 4. The van der Waals surface area contributed by atoms with E-state index in [1.165, 1.54) is 6.42 Å². The molecule has 2 N–H and O–H groups in total. The summed E-state index contributed by atoms with van der Waals surface area (Å²) in [6.07, 6.45) is 8.72. The number of aromatic nitrogens is 2. The van der Waals surface area contributed by atoms with Crippen molar-refractivity contribution in [3.05, 3.63) is 60.6 Å². The van der Waals surface area contributed by atoms with E-state index < -0.39 is 5.54 Å². The fraction of sp³-hybridized carbons (Fsp3) is 0.364. The molecule has 0 saturated heterocycles. The number of carbonyl (C=O) groups is 1. The third kappa shape index (κ3) is 3.67. The lowest BCUT2D eigenvalue weighted by Gasteiger charge is -2.37. The molecule has 1 saturated carbocycles. The number of fused-ring (bicyclic) bond motifs is 1. The van der Waals surface area contributed by atoms with Gasteiger partial charge in [-0.25, -0.2) is 4.98 Å². The molecule has 1 fully saturated rings. The lowest BCUT2D eigenvalue weighted by atomic mass is 9.80. The van der Waals surface area contributed by atoms with Crippen LogP contribution in [0.1, 0.15) is 37.8 Å². The van der Waals surface area contributed by atoms with Gasteiger partial charge in [0.15, 0.2) is 0 Å². The van der Waals surface area contributed by atoms with Crippen molar-refractivity contribution in [2.24, 2.45) is 0 Å². The summed E-state index contributed by atoms with van der Waals surface area (Å²) in [4.78, 5) is 17.6. The zero-order valence-corrected chi connectivity index (χ0v) is 16.1. The minimum absolute atomic E-state index is 0.0499. The first-order valence-corrected chi connectivity index (χ1v) is 9.82. The van der Waals surface area contributed by atoms with Crippen molar-refractivity contribution in [1.29, 1.82) is 0 Å². The molecule has 1 aliphatic carbocycles. The molecule has 1 aromatic carbocycles. The van der Waals surface area contributed by atoms with Crippen LogP contribution >= 0.6 is 0 Å². The smallest absolute Gasteiger partial charge is 0.245 e. The number of methoxy groups -OCH3 is 1. The zero-order chi connectivity index (χ0) is 19.4. The third-order valence-corrected chi connectivity index (χ3v) is 5.54. The summed E-state index contributed by atoms with van der Waals surface area (Å²) >= 11 is 0. The van der Waals surface area contributed by atoms with Gasteiger partial charge in [-0.05, 0) is 49.2 Å². The van der Waals surface area contributed by atoms with E-state index in [0.29, 0.717) is 6.54 Å². The standard InChI is InChI=1S/C22H26N4O2/c1-28-19-10-8-17(9-11-19)25-22(12-4-2-5-13-22)21(27)24-16-18-15-23-20-7-3-6-14-26(18)20/h3,6-11,14-15,25H,2,4-5,12-13,16H2,1H3,(H,24,27). The number of ether oxygens (including phenoxy) is 1. The summed E-state index contributed by atoms with van der Waals surface area (Å²) in [5, 5.41) is 6.67. The van der Waals surface area contributed by atoms with Crippen LogP contribution in [-0.4, -0.2) is 27.9 Å². The number of hydrogen-bond donors (Lipinski definition) is 2. The van der Waals surface area contributed by atoms with E-state index in [4.69, 9.17) is 4.74 Å². The molecule has 1 aliphatic rings. The second-order valence-corrected chi connectivity index (χ2v) is 7.36. The van der Waals surface area contributed by atoms with Crippen molar-refractivity contribution in [3.63, 3.8) is 0 Å². The molecular formula is C22H26N4O2. The second kappa shape index (κ2) is 7.92. The van der Waals surface area contributed by atoms with E-state index in [1.807, 2.05) is 59.3 Å². The summed E-state index contributed by atoms with van der Waals surface area (Å²) in [5.74, 6) is 0.856. The van der Waals surface area contributed by atoms with Crippen LogP contribution in [0.5, 0.6) is 5.75 Å². The maximum atomic E-state index is 13.3. The van der Waals surface area contributed by atoms with E-state index in [9.17, 15) is 4.79 Å². The summed E-state index contributed by atoms with van der Waals surface area (Å²) in [7, 11) is 1.65. The maximum Gasteiger partial charge on any atom is 0.245 e. The Morgan fingerprint density at radius 3 is 2.68 bits per heavy atom. The first-order chi connectivity index (χ1) is 13.7.